The van der Waals surface area contributed by atoms with E-state index in [1.165, 1.54) is 59.7 Å². The second kappa shape index (κ2) is 5.86. The summed E-state index contributed by atoms with van der Waals surface area (Å²) < 4.78 is 0. The van der Waals surface area contributed by atoms with Gasteiger partial charge in [0, 0.05) is 35.6 Å². The topological polar surface area (TPSA) is 36.1 Å². The lowest BCUT2D eigenvalue weighted by molar-refractivity contribution is -0.156. The molecule has 2 saturated heterocycles. The van der Waals surface area contributed by atoms with Gasteiger partial charge in [-0.1, -0.05) is 19.9 Å². The molecule has 1 aromatic carbocycles. The smallest absolute Gasteiger partial charge is 0.223 e. The standard InChI is InChI=1S/C24H32N2O/c1-14-5-6-21-23(16(14)3)20(13-25-21)15(2)7-22(27)26-18-8-17-9-19(26)12-24(4,10-17)11-18/h5-6,13,15,17-19,25H,7-12H2,1-4H3. The lowest BCUT2D eigenvalue weighted by Crippen LogP contribution is -2.62. The highest BCUT2D eigenvalue weighted by molar-refractivity contribution is 5.89. The molecule has 3 heteroatoms. The zero-order chi connectivity index (χ0) is 18.9. The second-order valence-corrected chi connectivity index (χ2v) is 10.1. The van der Waals surface area contributed by atoms with Crippen LogP contribution in [0.1, 0.15) is 75.0 Å². The van der Waals surface area contributed by atoms with Crippen LogP contribution in [0.2, 0.25) is 0 Å². The number of amides is 1. The number of H-pyrrole nitrogens is 1. The molecule has 1 aromatic heterocycles. The Bertz CT molecular complexity index is 894. The minimum Gasteiger partial charge on any atom is -0.361 e. The van der Waals surface area contributed by atoms with Gasteiger partial charge in [0.25, 0.3) is 0 Å². The van der Waals surface area contributed by atoms with Crippen LogP contribution >= 0.6 is 0 Å². The molecule has 3 heterocycles. The van der Waals surface area contributed by atoms with Crippen molar-refractivity contribution in [3.63, 3.8) is 0 Å². The second-order valence-electron chi connectivity index (χ2n) is 10.1. The molecule has 3 atom stereocenters. The molecule has 2 aliphatic carbocycles. The third kappa shape index (κ3) is 2.65. The molecule has 1 N–H and O–H groups in total. The van der Waals surface area contributed by atoms with E-state index in [4.69, 9.17) is 0 Å². The van der Waals surface area contributed by atoms with Gasteiger partial charge in [0.15, 0.2) is 0 Å². The van der Waals surface area contributed by atoms with Crippen molar-refractivity contribution >= 4 is 16.8 Å². The van der Waals surface area contributed by atoms with Crippen LogP contribution in [0.5, 0.6) is 0 Å². The summed E-state index contributed by atoms with van der Waals surface area (Å²) in [4.78, 5) is 19.1. The van der Waals surface area contributed by atoms with E-state index in [0.29, 0.717) is 29.8 Å². The van der Waals surface area contributed by atoms with Gasteiger partial charge in [0.2, 0.25) is 5.91 Å². The maximum atomic E-state index is 13.3. The molecule has 4 aliphatic rings. The largest absolute Gasteiger partial charge is 0.361 e. The van der Waals surface area contributed by atoms with Crippen LogP contribution in [0.4, 0.5) is 0 Å². The van der Waals surface area contributed by atoms with Crippen LogP contribution in [-0.4, -0.2) is 27.9 Å². The zero-order valence-corrected chi connectivity index (χ0v) is 17.1. The van der Waals surface area contributed by atoms with Gasteiger partial charge in [-0.25, -0.2) is 0 Å². The van der Waals surface area contributed by atoms with E-state index in [1.807, 2.05) is 0 Å². The summed E-state index contributed by atoms with van der Waals surface area (Å²) in [6, 6.07) is 5.35. The van der Waals surface area contributed by atoms with Gasteiger partial charge < -0.3 is 9.88 Å². The quantitative estimate of drug-likeness (QED) is 0.771. The number of aryl methyl sites for hydroxylation is 2. The molecule has 3 nitrogen and oxygen atoms in total. The van der Waals surface area contributed by atoms with E-state index in [1.54, 1.807) is 0 Å². The van der Waals surface area contributed by atoms with E-state index >= 15 is 0 Å². The zero-order valence-electron chi connectivity index (χ0n) is 17.1. The Hall–Kier alpha value is -1.77. The molecule has 6 rings (SSSR count). The fraction of sp³-hybridized carbons (Fsp3) is 0.625. The van der Waals surface area contributed by atoms with Crippen molar-refractivity contribution in [1.29, 1.82) is 0 Å². The molecular weight excluding hydrogens is 332 g/mol. The van der Waals surface area contributed by atoms with Gasteiger partial charge in [-0.05, 0) is 86.0 Å². The SMILES string of the molecule is Cc1ccc2[nH]cc(C(C)CC(=O)N3C4CC5CC3CC(C)(C5)C4)c2c1C. The highest BCUT2D eigenvalue weighted by Crippen LogP contribution is 2.56. The number of fused-ring (bicyclic) bond motifs is 1. The number of rotatable bonds is 3. The van der Waals surface area contributed by atoms with Crippen LogP contribution in [0.3, 0.4) is 0 Å². The minimum absolute atomic E-state index is 0.250. The Morgan fingerprint density at radius 3 is 2.59 bits per heavy atom. The molecule has 2 saturated carbocycles. The number of piperidine rings is 2. The van der Waals surface area contributed by atoms with Gasteiger partial charge in [-0.3, -0.25) is 4.79 Å². The lowest BCUT2D eigenvalue weighted by Gasteiger charge is -2.61. The summed E-state index contributed by atoms with van der Waals surface area (Å²) >= 11 is 0. The average molecular weight is 365 g/mol. The number of carbonyl (C=O) groups excluding carboxylic acids is 1. The summed E-state index contributed by atoms with van der Waals surface area (Å²) in [5.74, 6) is 1.51. The van der Waals surface area contributed by atoms with Crippen LogP contribution in [0.25, 0.3) is 10.9 Å². The Balaban J connectivity index is 1.38. The van der Waals surface area contributed by atoms with Gasteiger partial charge in [-0.15, -0.1) is 0 Å². The summed E-state index contributed by atoms with van der Waals surface area (Å²) in [7, 11) is 0. The predicted molar refractivity (Wildman–Crippen MR) is 110 cm³/mol. The van der Waals surface area contributed by atoms with Crippen molar-refractivity contribution in [3.05, 3.63) is 35.0 Å². The van der Waals surface area contributed by atoms with Crippen molar-refractivity contribution in [3.8, 4) is 0 Å². The van der Waals surface area contributed by atoms with E-state index in [-0.39, 0.29) is 5.92 Å². The highest BCUT2D eigenvalue weighted by Gasteiger charge is 2.53. The number of carbonyl (C=O) groups is 1. The Morgan fingerprint density at radius 1 is 1.22 bits per heavy atom. The normalized spacial score (nSPS) is 33.0. The third-order valence-corrected chi connectivity index (χ3v) is 7.94. The Morgan fingerprint density at radius 2 is 1.93 bits per heavy atom. The number of hydrogen-bond donors (Lipinski definition) is 1. The van der Waals surface area contributed by atoms with Gasteiger partial charge in [0.1, 0.15) is 0 Å². The van der Waals surface area contributed by atoms with Crippen molar-refractivity contribution in [2.24, 2.45) is 11.3 Å². The summed E-state index contributed by atoms with van der Waals surface area (Å²) in [5.41, 5.74) is 5.65. The summed E-state index contributed by atoms with van der Waals surface area (Å²) in [6.07, 6.45) is 9.11. The predicted octanol–water partition coefficient (Wildman–Crippen LogP) is 5.46. The first-order chi connectivity index (χ1) is 12.8. The lowest BCUT2D eigenvalue weighted by atomic mass is 9.56. The van der Waals surface area contributed by atoms with E-state index in [2.05, 4.69) is 55.9 Å². The molecule has 4 fully saturated rings. The molecule has 2 aromatic rings. The van der Waals surface area contributed by atoms with Crippen molar-refractivity contribution in [2.75, 3.05) is 0 Å². The van der Waals surface area contributed by atoms with Gasteiger partial charge in [-0.2, -0.15) is 0 Å². The van der Waals surface area contributed by atoms with Crippen LogP contribution in [-0.2, 0) is 4.79 Å². The molecule has 2 aliphatic heterocycles. The monoisotopic (exact) mass is 364 g/mol. The minimum atomic E-state index is 0.250. The first-order valence-electron chi connectivity index (χ1n) is 10.7. The fourth-order valence-corrected chi connectivity index (χ4v) is 6.81. The Kier molecular flexibility index (Phi) is 3.76. The van der Waals surface area contributed by atoms with Crippen LogP contribution in [0.15, 0.2) is 18.3 Å². The maximum absolute atomic E-state index is 13.3. The van der Waals surface area contributed by atoms with E-state index in [9.17, 15) is 4.79 Å². The number of aromatic amines is 1. The third-order valence-electron chi connectivity index (χ3n) is 7.94. The first kappa shape index (κ1) is 17.3. The fourth-order valence-electron chi connectivity index (χ4n) is 6.81. The van der Waals surface area contributed by atoms with Gasteiger partial charge >= 0.3 is 0 Å². The molecule has 27 heavy (non-hydrogen) atoms. The molecule has 0 spiro atoms. The first-order valence-corrected chi connectivity index (χ1v) is 10.7. The molecule has 3 unspecified atom stereocenters. The maximum Gasteiger partial charge on any atom is 0.223 e. The number of hydrogen-bond acceptors (Lipinski definition) is 1. The summed E-state index contributed by atoms with van der Waals surface area (Å²) in [5, 5.41) is 1.32. The van der Waals surface area contributed by atoms with E-state index in [0.717, 1.165) is 5.92 Å². The molecule has 4 bridgehead atoms. The van der Waals surface area contributed by atoms with Crippen molar-refractivity contribution in [2.45, 2.75) is 84.2 Å². The van der Waals surface area contributed by atoms with Crippen LogP contribution < -0.4 is 0 Å². The Labute approximate surface area is 162 Å². The number of aromatic nitrogens is 1. The average Bonchev–Trinajstić information content (AvgIpc) is 3.01. The van der Waals surface area contributed by atoms with Crippen molar-refractivity contribution < 1.29 is 4.79 Å². The molecule has 1 amide bonds. The van der Waals surface area contributed by atoms with Crippen molar-refractivity contribution in [1.82, 2.24) is 9.88 Å². The number of nitrogens with zero attached hydrogens (tertiary/aromatic N) is 1. The van der Waals surface area contributed by atoms with E-state index < -0.39 is 0 Å². The number of benzene rings is 1. The molecule has 0 radical (unpaired) electrons. The molecular formula is C24H32N2O. The van der Waals surface area contributed by atoms with Crippen LogP contribution in [0, 0.1) is 25.2 Å². The highest BCUT2D eigenvalue weighted by atomic mass is 16.2. The number of nitrogens with one attached hydrogen (secondary N) is 1. The van der Waals surface area contributed by atoms with Gasteiger partial charge in [0.05, 0.1) is 0 Å². The summed E-state index contributed by atoms with van der Waals surface area (Å²) in [6.45, 7) is 9.05. The molecule has 144 valence electrons.